The summed E-state index contributed by atoms with van der Waals surface area (Å²) in [6.07, 6.45) is 3.00. The van der Waals surface area contributed by atoms with Crippen LogP contribution in [0.25, 0.3) is 11.1 Å². The normalized spacial score (nSPS) is 15.7. The summed E-state index contributed by atoms with van der Waals surface area (Å²) in [4.78, 5) is 39.8. The monoisotopic (exact) mass is 476 g/mol. The van der Waals surface area contributed by atoms with Gasteiger partial charge in [0.05, 0.1) is 18.7 Å². The maximum Gasteiger partial charge on any atom is 0.274 e. The number of aromatic nitrogens is 2. The summed E-state index contributed by atoms with van der Waals surface area (Å²) in [5.41, 5.74) is 2.74. The number of aliphatic hydroxyl groups excluding tert-OH is 1. The van der Waals surface area contributed by atoms with E-state index in [0.29, 0.717) is 28.0 Å². The van der Waals surface area contributed by atoms with Crippen LogP contribution >= 0.6 is 0 Å². The molecule has 1 aromatic heterocycles. The Balaban J connectivity index is 1.68. The molecule has 0 saturated carbocycles. The summed E-state index contributed by atoms with van der Waals surface area (Å²) in [6.45, 7) is 1.68. The van der Waals surface area contributed by atoms with Gasteiger partial charge in [-0.3, -0.25) is 14.4 Å². The molecule has 0 spiro atoms. The zero-order chi connectivity index (χ0) is 25.1. The van der Waals surface area contributed by atoms with Crippen LogP contribution in [0.2, 0.25) is 0 Å². The topological polar surface area (TPSA) is 105 Å². The molecule has 0 aliphatic carbocycles. The molecule has 4 rings (SSSR count). The Morgan fingerprint density at radius 1 is 1.20 bits per heavy atom. The largest absolute Gasteiger partial charge is 0.394 e. The first-order chi connectivity index (χ1) is 16.8. The molecule has 2 amide bonds. The van der Waals surface area contributed by atoms with Crippen LogP contribution in [0, 0.1) is 12.7 Å². The van der Waals surface area contributed by atoms with Crippen LogP contribution in [0.3, 0.4) is 0 Å². The minimum Gasteiger partial charge on any atom is -0.394 e. The SMILES string of the molecule is Cc1ccc(-c2ccnn(CCO)c2=O)cc1NC(=O)C1=CN(C)C(=O)CC1c1cccc(F)c1. The van der Waals surface area contributed by atoms with Crippen molar-refractivity contribution in [3.63, 3.8) is 0 Å². The number of benzene rings is 2. The second-order valence-electron chi connectivity index (χ2n) is 8.38. The summed E-state index contributed by atoms with van der Waals surface area (Å²) in [7, 11) is 1.57. The number of aryl methyl sites for hydroxylation is 1. The number of carbonyl (C=O) groups is 2. The zero-order valence-corrected chi connectivity index (χ0v) is 19.4. The number of hydrogen-bond acceptors (Lipinski definition) is 5. The van der Waals surface area contributed by atoms with E-state index in [-0.39, 0.29) is 31.0 Å². The van der Waals surface area contributed by atoms with Crippen LogP contribution in [0.4, 0.5) is 10.1 Å². The highest BCUT2D eigenvalue weighted by Gasteiger charge is 2.31. The van der Waals surface area contributed by atoms with Crippen molar-refractivity contribution < 1.29 is 19.1 Å². The lowest BCUT2D eigenvalue weighted by Crippen LogP contribution is -2.33. The van der Waals surface area contributed by atoms with Gasteiger partial charge in [0.15, 0.2) is 0 Å². The number of nitrogens with zero attached hydrogens (tertiary/aromatic N) is 3. The Morgan fingerprint density at radius 3 is 2.74 bits per heavy atom. The first kappa shape index (κ1) is 24.0. The fourth-order valence-electron chi connectivity index (χ4n) is 4.08. The highest BCUT2D eigenvalue weighted by atomic mass is 19.1. The Bertz CT molecular complexity index is 1380. The summed E-state index contributed by atoms with van der Waals surface area (Å²) in [5, 5.41) is 16.0. The van der Waals surface area contributed by atoms with Gasteiger partial charge in [0, 0.05) is 43.0 Å². The average molecular weight is 477 g/mol. The second kappa shape index (κ2) is 10.0. The van der Waals surface area contributed by atoms with E-state index in [2.05, 4.69) is 10.4 Å². The maximum atomic E-state index is 13.9. The molecular formula is C26H25FN4O4. The van der Waals surface area contributed by atoms with Crippen molar-refractivity contribution in [1.29, 1.82) is 0 Å². The van der Waals surface area contributed by atoms with Crippen molar-refractivity contribution in [1.82, 2.24) is 14.7 Å². The Morgan fingerprint density at radius 2 is 2.00 bits per heavy atom. The number of carbonyl (C=O) groups excluding carboxylic acids is 2. The lowest BCUT2D eigenvalue weighted by molar-refractivity contribution is -0.128. The van der Waals surface area contributed by atoms with Gasteiger partial charge in [-0.2, -0.15) is 5.10 Å². The molecule has 2 N–H and O–H groups in total. The predicted molar refractivity (Wildman–Crippen MR) is 129 cm³/mol. The molecule has 0 bridgehead atoms. The molecule has 8 nitrogen and oxygen atoms in total. The molecule has 1 atom stereocenters. The highest BCUT2D eigenvalue weighted by Crippen LogP contribution is 2.34. The minimum absolute atomic E-state index is 0.0413. The second-order valence-corrected chi connectivity index (χ2v) is 8.38. The van der Waals surface area contributed by atoms with Gasteiger partial charge in [0.25, 0.3) is 11.5 Å². The number of nitrogens with one attached hydrogen (secondary N) is 1. The molecule has 0 radical (unpaired) electrons. The third kappa shape index (κ3) is 5.04. The highest BCUT2D eigenvalue weighted by molar-refractivity contribution is 6.07. The average Bonchev–Trinajstić information content (AvgIpc) is 2.83. The van der Waals surface area contributed by atoms with Crippen molar-refractivity contribution >= 4 is 17.5 Å². The molecular weight excluding hydrogens is 451 g/mol. The molecule has 0 saturated heterocycles. The van der Waals surface area contributed by atoms with E-state index in [1.807, 2.05) is 6.92 Å². The Labute approximate surface area is 201 Å². The van der Waals surface area contributed by atoms with Crippen molar-refractivity contribution in [2.75, 3.05) is 19.0 Å². The molecule has 9 heteroatoms. The number of rotatable bonds is 6. The van der Waals surface area contributed by atoms with E-state index in [9.17, 15) is 18.8 Å². The first-order valence-corrected chi connectivity index (χ1v) is 11.1. The first-order valence-electron chi connectivity index (χ1n) is 11.1. The number of halogens is 1. The van der Waals surface area contributed by atoms with E-state index >= 15 is 0 Å². The summed E-state index contributed by atoms with van der Waals surface area (Å²) >= 11 is 0. The maximum absolute atomic E-state index is 13.9. The van der Waals surface area contributed by atoms with Gasteiger partial charge in [-0.05, 0) is 47.9 Å². The zero-order valence-electron chi connectivity index (χ0n) is 19.4. The van der Waals surface area contributed by atoms with Crippen LogP contribution in [-0.2, 0) is 16.1 Å². The van der Waals surface area contributed by atoms with E-state index in [4.69, 9.17) is 5.11 Å². The fraction of sp³-hybridized carbons (Fsp3) is 0.231. The number of hydrogen-bond donors (Lipinski definition) is 2. The predicted octanol–water partition coefficient (Wildman–Crippen LogP) is 2.82. The van der Waals surface area contributed by atoms with Gasteiger partial charge < -0.3 is 15.3 Å². The van der Waals surface area contributed by atoms with Crippen LogP contribution in [0.5, 0.6) is 0 Å². The summed E-state index contributed by atoms with van der Waals surface area (Å²) in [5.74, 6) is -1.64. The van der Waals surface area contributed by atoms with Crippen molar-refractivity contribution in [2.45, 2.75) is 25.8 Å². The number of amides is 2. The van der Waals surface area contributed by atoms with Crippen LogP contribution in [0.1, 0.15) is 23.5 Å². The molecule has 2 aromatic carbocycles. The molecule has 1 aliphatic rings. The molecule has 1 unspecified atom stereocenters. The van der Waals surface area contributed by atoms with Crippen molar-refractivity contribution in [3.05, 3.63) is 93.8 Å². The molecule has 2 heterocycles. The Kier molecular flexibility index (Phi) is 6.88. The van der Waals surface area contributed by atoms with Crippen molar-refractivity contribution in [3.8, 4) is 11.1 Å². The lowest BCUT2D eigenvalue weighted by atomic mass is 9.85. The van der Waals surface area contributed by atoms with Gasteiger partial charge >= 0.3 is 0 Å². The summed E-state index contributed by atoms with van der Waals surface area (Å²) in [6, 6.07) is 12.7. The van der Waals surface area contributed by atoms with Crippen LogP contribution in [-0.4, -0.2) is 45.3 Å². The summed E-state index contributed by atoms with van der Waals surface area (Å²) < 4.78 is 15.1. The Hall–Kier alpha value is -4.11. The standard InChI is InChI=1S/C26H25FN4O4/c1-16-6-7-18(20-8-9-28-31(10-11-32)26(20)35)13-23(16)29-25(34)22-15-30(2)24(33)14-21(22)17-4-3-5-19(27)12-17/h3-9,12-13,15,21,32H,10-11,14H2,1-2H3,(H,29,34). The van der Waals surface area contributed by atoms with Gasteiger partial charge in [0.1, 0.15) is 5.82 Å². The smallest absolute Gasteiger partial charge is 0.274 e. The van der Waals surface area contributed by atoms with Crippen molar-refractivity contribution in [2.24, 2.45) is 0 Å². The van der Waals surface area contributed by atoms with E-state index in [1.165, 1.54) is 34.1 Å². The van der Waals surface area contributed by atoms with Gasteiger partial charge in [-0.1, -0.05) is 24.3 Å². The minimum atomic E-state index is -0.594. The third-order valence-electron chi connectivity index (χ3n) is 6.01. The molecule has 3 aromatic rings. The molecule has 180 valence electrons. The van der Waals surface area contributed by atoms with Crippen LogP contribution in [0.15, 0.2) is 71.3 Å². The number of aliphatic hydroxyl groups is 1. The lowest BCUT2D eigenvalue weighted by Gasteiger charge is -2.28. The quantitative estimate of drug-likeness (QED) is 0.569. The molecule has 1 aliphatic heterocycles. The fourth-order valence-corrected chi connectivity index (χ4v) is 4.08. The molecule has 35 heavy (non-hydrogen) atoms. The van der Waals surface area contributed by atoms with Gasteiger partial charge in [0.2, 0.25) is 5.91 Å². The third-order valence-corrected chi connectivity index (χ3v) is 6.01. The van der Waals surface area contributed by atoms with E-state index < -0.39 is 17.6 Å². The molecule has 0 fully saturated rings. The van der Waals surface area contributed by atoms with Gasteiger partial charge in [-0.25, -0.2) is 9.07 Å². The number of anilines is 1. The van der Waals surface area contributed by atoms with E-state index in [1.54, 1.807) is 43.4 Å². The van der Waals surface area contributed by atoms with Crippen LogP contribution < -0.4 is 10.9 Å². The van der Waals surface area contributed by atoms with Gasteiger partial charge in [-0.15, -0.1) is 0 Å². The van der Waals surface area contributed by atoms with E-state index in [0.717, 1.165) is 5.56 Å².